The molecule has 1 N–H and O–H groups in total. The van der Waals surface area contributed by atoms with Crippen LogP contribution >= 0.6 is 12.2 Å². The first-order valence-corrected chi connectivity index (χ1v) is 5.00. The van der Waals surface area contributed by atoms with Crippen LogP contribution in [-0.2, 0) is 6.54 Å². The highest BCUT2D eigenvalue weighted by molar-refractivity contribution is 7.71. The molecule has 0 saturated carbocycles. The van der Waals surface area contributed by atoms with E-state index < -0.39 is 6.67 Å². The number of rotatable bonds is 3. The van der Waals surface area contributed by atoms with E-state index in [1.54, 1.807) is 4.57 Å². The summed E-state index contributed by atoms with van der Waals surface area (Å²) in [5, 5.41) is 6.75. The first kappa shape index (κ1) is 10.0. The Morgan fingerprint density at radius 3 is 2.73 bits per heavy atom. The molecule has 0 aliphatic carbocycles. The standard InChI is InChI=1S/C10H10FN3S/c11-6-7-14-9(12-13-10(14)15)8-4-2-1-3-5-8/h1-5H,6-7H2,(H,13,15). The fourth-order valence-corrected chi connectivity index (χ4v) is 1.64. The van der Waals surface area contributed by atoms with Crippen LogP contribution in [0.2, 0.25) is 0 Å². The van der Waals surface area contributed by atoms with Gasteiger partial charge in [-0.3, -0.25) is 9.67 Å². The molecule has 15 heavy (non-hydrogen) atoms. The Morgan fingerprint density at radius 1 is 1.33 bits per heavy atom. The zero-order valence-corrected chi connectivity index (χ0v) is 8.80. The lowest BCUT2D eigenvalue weighted by Gasteiger charge is -2.03. The van der Waals surface area contributed by atoms with E-state index in [0.29, 0.717) is 10.6 Å². The van der Waals surface area contributed by atoms with E-state index in [2.05, 4.69) is 10.2 Å². The summed E-state index contributed by atoms with van der Waals surface area (Å²) in [6, 6.07) is 9.57. The van der Waals surface area contributed by atoms with Crippen LogP contribution in [0.3, 0.4) is 0 Å². The van der Waals surface area contributed by atoms with Gasteiger partial charge in [0.1, 0.15) is 6.67 Å². The van der Waals surface area contributed by atoms with E-state index >= 15 is 0 Å². The molecule has 3 nitrogen and oxygen atoms in total. The van der Waals surface area contributed by atoms with Crippen molar-refractivity contribution in [2.24, 2.45) is 0 Å². The van der Waals surface area contributed by atoms with Crippen molar-refractivity contribution in [3.05, 3.63) is 35.1 Å². The van der Waals surface area contributed by atoms with Crippen LogP contribution < -0.4 is 0 Å². The highest BCUT2D eigenvalue weighted by Gasteiger charge is 2.07. The number of alkyl halides is 1. The van der Waals surface area contributed by atoms with Crippen molar-refractivity contribution in [2.75, 3.05) is 6.67 Å². The molecule has 1 aromatic carbocycles. The highest BCUT2D eigenvalue weighted by Crippen LogP contribution is 2.16. The van der Waals surface area contributed by atoms with Crippen LogP contribution in [0.4, 0.5) is 4.39 Å². The van der Waals surface area contributed by atoms with Gasteiger partial charge >= 0.3 is 0 Å². The fourth-order valence-electron chi connectivity index (χ4n) is 1.42. The number of aromatic nitrogens is 3. The van der Waals surface area contributed by atoms with Gasteiger partial charge in [-0.05, 0) is 12.2 Å². The molecule has 0 saturated heterocycles. The second-order valence-corrected chi connectivity index (χ2v) is 3.45. The lowest BCUT2D eigenvalue weighted by Crippen LogP contribution is -2.02. The molecule has 0 aliphatic heterocycles. The van der Waals surface area contributed by atoms with Gasteiger partial charge in [0.05, 0.1) is 6.54 Å². The zero-order valence-electron chi connectivity index (χ0n) is 7.98. The zero-order chi connectivity index (χ0) is 10.7. The molecular formula is C10H10FN3S. The van der Waals surface area contributed by atoms with E-state index in [1.165, 1.54) is 0 Å². The van der Waals surface area contributed by atoms with Crippen molar-refractivity contribution >= 4 is 12.2 Å². The van der Waals surface area contributed by atoms with E-state index in [4.69, 9.17) is 12.2 Å². The van der Waals surface area contributed by atoms with Crippen LogP contribution in [0.15, 0.2) is 30.3 Å². The van der Waals surface area contributed by atoms with E-state index in [9.17, 15) is 4.39 Å². The SMILES string of the molecule is FCCn1c(-c2ccccc2)n[nH]c1=S. The van der Waals surface area contributed by atoms with Crippen LogP contribution in [0.1, 0.15) is 0 Å². The predicted octanol–water partition coefficient (Wildman–Crippen LogP) is 2.58. The van der Waals surface area contributed by atoms with Crippen LogP contribution in [0, 0.1) is 4.77 Å². The number of aromatic amines is 1. The van der Waals surface area contributed by atoms with Crippen molar-refractivity contribution in [3.8, 4) is 11.4 Å². The number of nitrogens with zero attached hydrogens (tertiary/aromatic N) is 2. The van der Waals surface area contributed by atoms with Crippen molar-refractivity contribution < 1.29 is 4.39 Å². The number of nitrogens with one attached hydrogen (secondary N) is 1. The predicted molar refractivity (Wildman–Crippen MR) is 58.8 cm³/mol. The molecule has 0 aliphatic rings. The maximum atomic E-state index is 12.3. The summed E-state index contributed by atoms with van der Waals surface area (Å²) in [5.74, 6) is 0.679. The molecule has 2 rings (SSSR count). The Balaban J connectivity index is 2.49. The number of hydrogen-bond donors (Lipinski definition) is 1. The lowest BCUT2D eigenvalue weighted by molar-refractivity contribution is 0.445. The molecule has 2 aromatic rings. The van der Waals surface area contributed by atoms with Crippen molar-refractivity contribution in [3.63, 3.8) is 0 Å². The van der Waals surface area contributed by atoms with E-state index in [-0.39, 0.29) is 6.54 Å². The summed E-state index contributed by atoms with van der Waals surface area (Å²) >= 11 is 5.02. The van der Waals surface area contributed by atoms with Gasteiger partial charge in [-0.15, -0.1) is 0 Å². The van der Waals surface area contributed by atoms with Crippen LogP contribution in [0.25, 0.3) is 11.4 Å². The summed E-state index contributed by atoms with van der Waals surface area (Å²) in [7, 11) is 0. The summed E-state index contributed by atoms with van der Waals surface area (Å²) in [6.45, 7) is -0.215. The van der Waals surface area contributed by atoms with Gasteiger partial charge in [0.2, 0.25) is 0 Å². The number of halogens is 1. The summed E-state index contributed by atoms with van der Waals surface area (Å²) in [4.78, 5) is 0. The molecule has 78 valence electrons. The largest absolute Gasteiger partial charge is 0.298 e. The van der Waals surface area contributed by atoms with Gasteiger partial charge in [0, 0.05) is 5.56 Å². The van der Waals surface area contributed by atoms with Crippen LogP contribution in [-0.4, -0.2) is 21.4 Å². The lowest BCUT2D eigenvalue weighted by atomic mass is 10.2. The third kappa shape index (κ3) is 1.97. The Morgan fingerprint density at radius 2 is 2.07 bits per heavy atom. The molecule has 0 amide bonds. The molecule has 1 aromatic heterocycles. The summed E-state index contributed by atoms with van der Waals surface area (Å²) in [5.41, 5.74) is 0.929. The average Bonchev–Trinajstić information content (AvgIpc) is 2.63. The minimum atomic E-state index is -0.451. The maximum Gasteiger partial charge on any atom is 0.195 e. The number of benzene rings is 1. The second-order valence-electron chi connectivity index (χ2n) is 3.06. The second kappa shape index (κ2) is 4.35. The van der Waals surface area contributed by atoms with Gasteiger partial charge in [-0.25, -0.2) is 4.39 Å². The van der Waals surface area contributed by atoms with E-state index in [1.807, 2.05) is 30.3 Å². The summed E-state index contributed by atoms with van der Waals surface area (Å²) in [6.07, 6.45) is 0. The third-order valence-corrected chi connectivity index (χ3v) is 2.41. The molecule has 5 heteroatoms. The molecule has 0 unspecified atom stereocenters. The molecule has 1 heterocycles. The third-order valence-electron chi connectivity index (χ3n) is 2.10. The van der Waals surface area contributed by atoms with Crippen LogP contribution in [0.5, 0.6) is 0 Å². The smallest absolute Gasteiger partial charge is 0.195 e. The maximum absolute atomic E-state index is 12.3. The number of H-pyrrole nitrogens is 1. The molecule has 0 spiro atoms. The minimum absolute atomic E-state index is 0.236. The number of hydrogen-bond acceptors (Lipinski definition) is 2. The molecule has 0 fully saturated rings. The fraction of sp³-hybridized carbons (Fsp3) is 0.200. The molecule has 0 atom stereocenters. The van der Waals surface area contributed by atoms with Gasteiger partial charge in [0.15, 0.2) is 10.6 Å². The van der Waals surface area contributed by atoms with Gasteiger partial charge in [0.25, 0.3) is 0 Å². The monoisotopic (exact) mass is 223 g/mol. The Hall–Kier alpha value is -1.49. The van der Waals surface area contributed by atoms with Crippen molar-refractivity contribution in [1.29, 1.82) is 0 Å². The first-order chi connectivity index (χ1) is 7.33. The Kier molecular flexibility index (Phi) is 2.91. The highest BCUT2D eigenvalue weighted by atomic mass is 32.1. The molecule has 0 radical (unpaired) electrons. The first-order valence-electron chi connectivity index (χ1n) is 4.59. The quantitative estimate of drug-likeness (QED) is 0.811. The average molecular weight is 223 g/mol. The van der Waals surface area contributed by atoms with Gasteiger partial charge < -0.3 is 0 Å². The Labute approximate surface area is 91.6 Å². The summed E-state index contributed by atoms with van der Waals surface area (Å²) < 4.78 is 14.4. The van der Waals surface area contributed by atoms with E-state index in [0.717, 1.165) is 5.56 Å². The normalized spacial score (nSPS) is 10.5. The Bertz CT molecular complexity index is 489. The molecular weight excluding hydrogens is 213 g/mol. The minimum Gasteiger partial charge on any atom is -0.298 e. The van der Waals surface area contributed by atoms with Gasteiger partial charge in [-0.2, -0.15) is 5.10 Å². The molecule has 0 bridgehead atoms. The van der Waals surface area contributed by atoms with Crippen molar-refractivity contribution in [1.82, 2.24) is 14.8 Å². The topological polar surface area (TPSA) is 33.6 Å². The van der Waals surface area contributed by atoms with Gasteiger partial charge in [-0.1, -0.05) is 30.3 Å². The van der Waals surface area contributed by atoms with Crippen molar-refractivity contribution in [2.45, 2.75) is 6.54 Å².